The molecule has 12 heteroatoms. The second-order valence-electron chi connectivity index (χ2n) is 8.89. The fourth-order valence-corrected chi connectivity index (χ4v) is 5.20. The van der Waals surface area contributed by atoms with Gasteiger partial charge in [0, 0.05) is 17.9 Å². The molecule has 1 heterocycles. The number of cyclic esters (lactones) is 1. The van der Waals surface area contributed by atoms with Crippen LogP contribution in [-0.4, -0.2) is 66.0 Å². The minimum atomic E-state index is -1.07. The molecule has 0 aliphatic carbocycles. The molecule has 4 N–H and O–H groups in total. The van der Waals surface area contributed by atoms with Crippen LogP contribution in [0.5, 0.6) is 0 Å². The summed E-state index contributed by atoms with van der Waals surface area (Å²) in [4.78, 5) is 63.7. The Hall–Kier alpha value is -2.99. The molecular weight excluding hydrogens is 528 g/mol. The summed E-state index contributed by atoms with van der Waals surface area (Å²) in [6, 6.07) is 6.08. The third kappa shape index (κ3) is 11.6. The van der Waals surface area contributed by atoms with Gasteiger partial charge in [0.2, 0.25) is 11.8 Å². The van der Waals surface area contributed by atoms with E-state index in [1.54, 1.807) is 65.8 Å². The average molecular weight is 565 g/mol. The zero-order valence-electron chi connectivity index (χ0n) is 21.9. The highest BCUT2D eigenvalue weighted by molar-refractivity contribution is 8.76. The van der Waals surface area contributed by atoms with Gasteiger partial charge < -0.3 is 20.7 Å². The van der Waals surface area contributed by atoms with Crippen LogP contribution in [0.2, 0.25) is 0 Å². The molecule has 1 fully saturated rings. The predicted molar refractivity (Wildman–Crippen MR) is 149 cm³/mol. The van der Waals surface area contributed by atoms with Crippen LogP contribution in [0.4, 0.5) is 4.79 Å². The molecule has 3 atom stereocenters. The van der Waals surface area contributed by atoms with E-state index in [9.17, 15) is 24.0 Å². The lowest BCUT2D eigenvalue weighted by molar-refractivity contribution is -0.148. The number of nitrogens with one attached hydrogen (secondary N) is 4. The Kier molecular flexibility index (Phi) is 13.8. The largest absolute Gasteiger partial charge is 0.456 e. The highest BCUT2D eigenvalue weighted by Crippen LogP contribution is 2.21. The van der Waals surface area contributed by atoms with Crippen molar-refractivity contribution in [2.24, 2.45) is 5.92 Å². The number of hydrogen-bond acceptors (Lipinski definition) is 8. The molecule has 1 saturated heterocycles. The van der Waals surface area contributed by atoms with Crippen LogP contribution in [-0.2, 0) is 30.3 Å². The van der Waals surface area contributed by atoms with Crippen molar-refractivity contribution in [3.8, 4) is 0 Å². The Bertz CT molecular complexity index is 989. The van der Waals surface area contributed by atoms with Crippen LogP contribution < -0.4 is 21.3 Å². The van der Waals surface area contributed by atoms with Crippen molar-refractivity contribution < 1.29 is 28.7 Å². The minimum Gasteiger partial charge on any atom is -0.456 e. The lowest BCUT2D eigenvalue weighted by Gasteiger charge is -2.22. The van der Waals surface area contributed by atoms with Crippen molar-refractivity contribution in [2.75, 3.05) is 18.1 Å². The fraction of sp³-hybridized carbons (Fsp3) is 0.500. The van der Waals surface area contributed by atoms with Gasteiger partial charge in [0.25, 0.3) is 5.91 Å². The Morgan fingerprint density at radius 2 is 1.76 bits per heavy atom. The summed E-state index contributed by atoms with van der Waals surface area (Å²) in [6.45, 7) is 5.07. The van der Waals surface area contributed by atoms with Gasteiger partial charge in [0.05, 0.1) is 6.42 Å². The first kappa shape index (κ1) is 31.2. The van der Waals surface area contributed by atoms with Gasteiger partial charge in [-0.1, -0.05) is 78.8 Å². The highest BCUT2D eigenvalue weighted by atomic mass is 33.1. The molecule has 1 aliphatic rings. The summed E-state index contributed by atoms with van der Waals surface area (Å²) < 4.78 is 5.47. The molecule has 0 spiro atoms. The summed E-state index contributed by atoms with van der Waals surface area (Å²) in [5.41, 5.74) is 0.774. The smallest absolute Gasteiger partial charge is 0.326 e. The first-order valence-electron chi connectivity index (χ1n) is 12.5. The van der Waals surface area contributed by atoms with E-state index in [4.69, 9.17) is 4.74 Å². The molecule has 0 unspecified atom stereocenters. The van der Waals surface area contributed by atoms with Crippen LogP contribution in [0.25, 0.3) is 0 Å². The van der Waals surface area contributed by atoms with Crippen LogP contribution in [0, 0.1) is 5.92 Å². The van der Waals surface area contributed by atoms with E-state index in [2.05, 4.69) is 28.2 Å². The number of rotatable bonds is 9. The lowest BCUT2D eigenvalue weighted by atomic mass is 10.0. The second-order valence-corrected chi connectivity index (χ2v) is 11.8. The van der Waals surface area contributed by atoms with Gasteiger partial charge in [-0.05, 0) is 24.0 Å². The van der Waals surface area contributed by atoms with E-state index in [1.165, 1.54) is 0 Å². The summed E-state index contributed by atoms with van der Waals surface area (Å²) in [5, 5.41) is 9.82. The zero-order chi connectivity index (χ0) is 27.9. The Morgan fingerprint density at radius 3 is 2.45 bits per heavy atom. The van der Waals surface area contributed by atoms with Crippen molar-refractivity contribution in [2.45, 2.75) is 58.2 Å². The molecule has 1 aromatic rings. The molecule has 5 amide bonds. The number of esters is 1. The maximum Gasteiger partial charge on any atom is 0.326 e. The molecule has 1 aliphatic heterocycles. The van der Waals surface area contributed by atoms with Gasteiger partial charge in [-0.15, -0.1) is 0 Å². The monoisotopic (exact) mass is 564 g/mol. The van der Waals surface area contributed by atoms with Gasteiger partial charge in [0.1, 0.15) is 24.7 Å². The number of benzene rings is 1. The van der Waals surface area contributed by atoms with Crippen molar-refractivity contribution in [1.29, 1.82) is 0 Å². The number of carbonyl (C=O) groups excluding carboxylic acids is 5. The number of ether oxygens (including phenoxy) is 1. The van der Waals surface area contributed by atoms with Crippen molar-refractivity contribution >= 4 is 51.3 Å². The van der Waals surface area contributed by atoms with Crippen molar-refractivity contribution in [3.05, 3.63) is 48.0 Å². The maximum absolute atomic E-state index is 13.0. The summed E-state index contributed by atoms with van der Waals surface area (Å²) >= 11 is 0. The third-order valence-corrected chi connectivity index (χ3v) is 7.91. The standard InChI is InChI=1S/C26H36N4O6S2/c1-4-37-38-13-9-8-12-19-15-21(31)28-20(14-18-10-6-5-7-11-18)24(33)30-26(35)29-23(17(2)3)25(34)27-16-22(32)36-19/h5-8,10-12,17,19-20,23H,4,9,13-16H2,1-3H3,(H,27,34)(H,28,31)(H2,29,30,33,35)/b12-8+/t19-,20-,23-/m1/s1. The third-order valence-electron chi connectivity index (χ3n) is 5.40. The van der Waals surface area contributed by atoms with Gasteiger partial charge in [-0.2, -0.15) is 0 Å². The molecular formula is C26H36N4O6S2. The fourth-order valence-electron chi connectivity index (χ4n) is 3.54. The van der Waals surface area contributed by atoms with Gasteiger partial charge in [-0.3, -0.25) is 24.5 Å². The van der Waals surface area contributed by atoms with Crippen molar-refractivity contribution in [1.82, 2.24) is 21.3 Å². The van der Waals surface area contributed by atoms with E-state index in [0.717, 1.165) is 17.1 Å². The molecule has 0 aromatic heterocycles. The maximum atomic E-state index is 13.0. The van der Waals surface area contributed by atoms with E-state index in [0.29, 0.717) is 6.42 Å². The minimum absolute atomic E-state index is 0.131. The first-order valence-corrected chi connectivity index (χ1v) is 15.0. The topological polar surface area (TPSA) is 143 Å². The van der Waals surface area contributed by atoms with Crippen LogP contribution >= 0.6 is 21.6 Å². The number of carbonyl (C=O) groups is 5. The van der Waals surface area contributed by atoms with E-state index < -0.39 is 54.5 Å². The van der Waals surface area contributed by atoms with Gasteiger partial charge in [-0.25, -0.2) is 4.79 Å². The van der Waals surface area contributed by atoms with E-state index in [-0.39, 0.29) is 18.8 Å². The zero-order valence-corrected chi connectivity index (χ0v) is 23.5. The Balaban J connectivity index is 2.26. The van der Waals surface area contributed by atoms with Crippen LogP contribution in [0.3, 0.4) is 0 Å². The van der Waals surface area contributed by atoms with E-state index >= 15 is 0 Å². The number of imide groups is 1. The van der Waals surface area contributed by atoms with Gasteiger partial charge >= 0.3 is 12.0 Å². The summed E-state index contributed by atoms with van der Waals surface area (Å²) in [6.07, 6.45) is 3.20. The number of hydrogen-bond donors (Lipinski definition) is 4. The average Bonchev–Trinajstić information content (AvgIpc) is 2.87. The first-order chi connectivity index (χ1) is 18.2. The molecule has 0 saturated carbocycles. The highest BCUT2D eigenvalue weighted by Gasteiger charge is 2.29. The number of allylic oxidation sites excluding steroid dienone is 1. The van der Waals surface area contributed by atoms with Crippen molar-refractivity contribution in [3.63, 3.8) is 0 Å². The summed E-state index contributed by atoms with van der Waals surface area (Å²) in [7, 11) is 3.47. The van der Waals surface area contributed by atoms with E-state index in [1.807, 2.05) is 12.1 Å². The van der Waals surface area contributed by atoms with Gasteiger partial charge in [0.15, 0.2) is 0 Å². The predicted octanol–water partition coefficient (Wildman–Crippen LogP) is 2.34. The van der Waals surface area contributed by atoms with Crippen LogP contribution in [0.1, 0.15) is 39.2 Å². The normalized spacial score (nSPS) is 22.1. The second kappa shape index (κ2) is 16.8. The molecule has 0 radical (unpaired) electrons. The van der Waals surface area contributed by atoms with Crippen LogP contribution in [0.15, 0.2) is 42.5 Å². The SMILES string of the molecule is CCSSCC/C=C/[C@@H]1CC(=O)N[C@H](Cc2ccccc2)C(=O)NC(=O)N[C@H](C(C)C)C(=O)NCC(=O)O1. The molecule has 38 heavy (non-hydrogen) atoms. The summed E-state index contributed by atoms with van der Waals surface area (Å²) in [5.74, 6) is -1.06. The molecule has 10 nitrogen and oxygen atoms in total. The molecule has 0 bridgehead atoms. The Labute approximate surface area is 231 Å². The molecule has 1 aromatic carbocycles. The Morgan fingerprint density at radius 1 is 1.03 bits per heavy atom. The lowest BCUT2D eigenvalue weighted by Crippen LogP contribution is -2.56. The number of urea groups is 1. The number of amides is 5. The molecule has 208 valence electrons. The quantitative estimate of drug-likeness (QED) is 0.155. The molecule has 2 rings (SSSR count).